The zero-order valence-corrected chi connectivity index (χ0v) is 10.1. The second-order valence-electron chi connectivity index (χ2n) is 0.894. The third-order valence-corrected chi connectivity index (χ3v) is 0. The minimum Gasteiger partial charge on any atom is -0.822 e. The van der Waals surface area contributed by atoms with Crippen molar-refractivity contribution in [2.24, 2.45) is 0 Å². The molecule has 16 heteroatoms. The predicted octanol–water partition coefficient (Wildman–Crippen LogP) is -8.41. The Morgan fingerprint density at radius 3 is 0.500 bits per heavy atom. The third kappa shape index (κ3) is 321. The Bertz CT molecular complexity index is 141. The van der Waals surface area contributed by atoms with Gasteiger partial charge >= 0.3 is 119 Å². The van der Waals surface area contributed by atoms with E-state index in [1.165, 1.54) is 0 Å². The zero-order chi connectivity index (χ0) is 9.00. The van der Waals surface area contributed by atoms with E-state index >= 15 is 0 Å². The summed E-state index contributed by atoms with van der Waals surface area (Å²) < 4.78 is 17.1. The van der Waals surface area contributed by atoms with Crippen molar-refractivity contribution in [2.75, 3.05) is 0 Å². The fourth-order valence-corrected chi connectivity index (χ4v) is 0. The number of phosphoric acid groups is 2. The van der Waals surface area contributed by atoms with Gasteiger partial charge < -0.3 is 38.5 Å². The molecule has 97 valence electrons. The van der Waals surface area contributed by atoms with Crippen LogP contribution in [-0.2, 0) is 59.5 Å². The first kappa shape index (κ1) is 50.1. The summed E-state index contributed by atoms with van der Waals surface area (Å²) in [5.74, 6) is 0. The molecule has 0 fully saturated rings. The molecule has 0 aromatic rings. The molecule has 0 bridgehead atoms. The number of hydrogen-bond acceptors (Lipinski definition) is 8. The molecule has 0 spiro atoms. The van der Waals surface area contributed by atoms with Gasteiger partial charge in [0, 0.05) is 0 Å². The molecular weight excluding hydrogens is 440 g/mol. The van der Waals surface area contributed by atoms with Crippen molar-refractivity contribution in [3.8, 4) is 0 Å². The summed E-state index contributed by atoms with van der Waals surface area (Å²) in [6, 6.07) is 0. The molecule has 0 saturated heterocycles. The van der Waals surface area contributed by atoms with E-state index in [1.807, 2.05) is 0 Å². The minimum absolute atomic E-state index is 0. The van der Waals surface area contributed by atoms with E-state index in [9.17, 15) is 0 Å². The molecule has 0 aromatic carbocycles. The second kappa shape index (κ2) is 24.1. The van der Waals surface area contributed by atoms with Crippen LogP contribution in [0.2, 0.25) is 0 Å². The van der Waals surface area contributed by atoms with Crippen molar-refractivity contribution >= 4 is 84.8 Å². The van der Waals surface area contributed by atoms with Gasteiger partial charge in [0.2, 0.25) is 0 Å². The molecule has 0 heterocycles. The van der Waals surface area contributed by atoms with Gasteiger partial charge in [0.1, 0.15) is 0 Å². The molecule has 8 nitrogen and oxygen atoms in total. The summed E-state index contributed by atoms with van der Waals surface area (Å²) in [7, 11) is -10.8. The molecule has 0 aromatic heterocycles. The van der Waals surface area contributed by atoms with Crippen LogP contribution in [0, 0.1) is 0 Å². The third-order valence-electron chi connectivity index (χ3n) is 0. The van der Waals surface area contributed by atoms with Gasteiger partial charge in [0.15, 0.2) is 0 Å². The molecule has 0 amide bonds. The van der Waals surface area contributed by atoms with Crippen LogP contribution in [0.15, 0.2) is 0 Å². The Hall–Kier alpha value is 4.04. The summed E-state index contributed by atoms with van der Waals surface area (Å²) >= 11 is 0. The Morgan fingerprint density at radius 2 is 0.500 bits per heavy atom. The van der Waals surface area contributed by atoms with E-state index < -0.39 is 15.6 Å². The van der Waals surface area contributed by atoms with Crippen LogP contribution in [0.1, 0.15) is 0 Å². The van der Waals surface area contributed by atoms with E-state index in [2.05, 4.69) is 0 Å². The molecular formula is H6Co3Mg3O8P2. The van der Waals surface area contributed by atoms with Crippen LogP contribution in [0.3, 0.4) is 0 Å². The molecule has 16 heavy (non-hydrogen) atoms. The average Bonchev–Trinajstić information content (AvgIpc) is 1.12. The van der Waals surface area contributed by atoms with Crippen molar-refractivity contribution in [1.29, 1.82) is 0 Å². The molecule has 3 radical (unpaired) electrons. The summed E-state index contributed by atoms with van der Waals surface area (Å²) in [5, 5.41) is 0. The van der Waals surface area contributed by atoms with Gasteiger partial charge in [-0.1, -0.05) is 0 Å². The van der Waals surface area contributed by atoms with Crippen LogP contribution >= 0.6 is 15.6 Å². The fraction of sp³-hybridized carbons (Fsp3) is 0. The first-order chi connectivity index (χ1) is 4.00. The van der Waals surface area contributed by atoms with Crippen LogP contribution in [0.5, 0.6) is 0 Å². The Balaban J connectivity index is -0.00000000970. The van der Waals surface area contributed by atoms with Crippen LogP contribution < -0.4 is 29.4 Å². The van der Waals surface area contributed by atoms with Crippen molar-refractivity contribution in [3.05, 3.63) is 0 Å². The number of hydrogen-bond donors (Lipinski definition) is 0. The Labute approximate surface area is 171 Å². The van der Waals surface area contributed by atoms with E-state index in [0.29, 0.717) is 0 Å². The zero-order valence-electron chi connectivity index (χ0n) is 5.16. The first-order valence-corrected chi connectivity index (χ1v) is 4.38. The molecule has 0 aliphatic carbocycles. The summed E-state index contributed by atoms with van der Waals surface area (Å²) in [5.41, 5.74) is 0. The molecule has 0 unspecified atom stereocenters. The van der Waals surface area contributed by atoms with Gasteiger partial charge in [-0.15, -0.1) is 0 Å². The van der Waals surface area contributed by atoms with Gasteiger partial charge in [0.05, 0.1) is 0 Å². The van der Waals surface area contributed by atoms with E-state index in [-0.39, 0.29) is 119 Å². The minimum atomic E-state index is -5.39. The van der Waals surface area contributed by atoms with Gasteiger partial charge in [0.25, 0.3) is 0 Å². The molecule has 0 N–H and O–H groups in total. The second-order valence-corrected chi connectivity index (χ2v) is 2.68. The maximum Gasteiger partial charge on any atom is 2.00 e. The smallest absolute Gasteiger partial charge is 0.822 e. The standard InChI is InChI=1S/3Co.3Mg.2H3O4P.6H/c;;;;;;2*1-5(2,3)4;;;;;;/h;;;;;;2*(H3,1,2,3,4);;;;;;/q3*+2;;;;;;;;;;;/p-6. The van der Waals surface area contributed by atoms with Crippen LogP contribution in [-0.4, -0.2) is 69.2 Å². The van der Waals surface area contributed by atoms with Crippen LogP contribution in [0.4, 0.5) is 0 Å². The Kier molecular flexibility index (Phi) is 75.4. The summed E-state index contributed by atoms with van der Waals surface area (Å²) in [6.45, 7) is 0. The fourth-order valence-electron chi connectivity index (χ4n) is 0. The normalized spacial score (nSPS) is 7.38. The maximum atomic E-state index is 8.55. The van der Waals surface area contributed by atoms with Crippen molar-refractivity contribution < 1.29 is 88.8 Å². The van der Waals surface area contributed by atoms with E-state index in [4.69, 9.17) is 38.5 Å². The van der Waals surface area contributed by atoms with Gasteiger partial charge in [-0.3, -0.25) is 0 Å². The maximum absolute atomic E-state index is 8.55. The molecule has 0 aliphatic rings. The molecule has 0 atom stereocenters. The van der Waals surface area contributed by atoms with E-state index in [0.717, 1.165) is 0 Å². The van der Waals surface area contributed by atoms with Gasteiger partial charge in [-0.2, -0.15) is 15.6 Å². The summed E-state index contributed by atoms with van der Waals surface area (Å²) in [4.78, 5) is 51.3. The molecule has 0 saturated carbocycles. The van der Waals surface area contributed by atoms with Gasteiger partial charge in [-0.05, 0) is 0 Å². The monoisotopic (exact) mass is 445 g/mol. The Morgan fingerprint density at radius 1 is 0.500 bits per heavy atom. The van der Waals surface area contributed by atoms with E-state index in [1.54, 1.807) is 0 Å². The average molecular weight is 446 g/mol. The first-order valence-electron chi connectivity index (χ1n) is 1.46. The van der Waals surface area contributed by atoms with Gasteiger partial charge in [-0.25, -0.2) is 0 Å². The number of rotatable bonds is 0. The molecule has 0 aliphatic heterocycles. The van der Waals surface area contributed by atoms with Crippen molar-refractivity contribution in [1.82, 2.24) is 0 Å². The SMILES string of the molecule is O=P([O-])([O-])[O-].O=P([O-])([O-])[O-].[Co+2].[Co+2].[Co+2].[MgH2].[MgH2].[MgH2]. The predicted molar refractivity (Wildman–Crippen MR) is 40.8 cm³/mol. The van der Waals surface area contributed by atoms with Crippen molar-refractivity contribution in [2.45, 2.75) is 0 Å². The van der Waals surface area contributed by atoms with Crippen LogP contribution in [0.25, 0.3) is 0 Å². The van der Waals surface area contributed by atoms with Crippen molar-refractivity contribution in [3.63, 3.8) is 0 Å². The molecule has 0 rings (SSSR count). The quantitative estimate of drug-likeness (QED) is 0.261. The summed E-state index contributed by atoms with van der Waals surface area (Å²) in [6.07, 6.45) is 0. The topological polar surface area (TPSA) is 172 Å². The largest absolute Gasteiger partial charge is 2.00 e.